The Morgan fingerprint density at radius 1 is 0.606 bits per heavy atom. The number of hydrogen-bond acceptors (Lipinski definition) is 2. The highest BCUT2D eigenvalue weighted by Crippen LogP contribution is 2.39. The molecule has 0 aromatic carbocycles. The zero-order valence-electron chi connectivity index (χ0n) is 23.2. The summed E-state index contributed by atoms with van der Waals surface area (Å²) in [4.78, 5) is 10.2. The number of ether oxygens (including phenoxy) is 1. The smallest absolute Gasteiger partial charge is 0.332 e. The molecule has 200 valence electrons. The summed E-state index contributed by atoms with van der Waals surface area (Å²) in [5.74, 6) is -0.347. The summed E-state index contributed by atoms with van der Waals surface area (Å²) in [6, 6.07) is 0. The highest BCUT2D eigenvalue weighted by atomic mass is 35.5. The maximum atomic E-state index is 10.2. The second-order valence-electron chi connectivity index (χ2n) is 9.42. The van der Waals surface area contributed by atoms with Crippen molar-refractivity contribution in [3.8, 4) is 0 Å². The van der Waals surface area contributed by atoms with Crippen LogP contribution in [0.5, 0.6) is 0 Å². The van der Waals surface area contributed by atoms with E-state index in [0.717, 1.165) is 0 Å². The molecule has 0 amide bonds. The summed E-state index contributed by atoms with van der Waals surface area (Å²) in [5.41, 5.74) is 0.433. The Kier molecular flexibility index (Phi) is 36.3. The van der Waals surface area contributed by atoms with E-state index in [4.69, 9.17) is 0 Å². The van der Waals surface area contributed by atoms with Crippen LogP contribution in [0.4, 0.5) is 0 Å². The average Bonchev–Trinajstić information content (AvgIpc) is 2.79. The summed E-state index contributed by atoms with van der Waals surface area (Å²) in [7, 11) is 1.70. The second-order valence-corrected chi connectivity index (χ2v) is 12.1. The van der Waals surface area contributed by atoms with Crippen molar-refractivity contribution < 1.29 is 9.53 Å². The van der Waals surface area contributed by atoms with Gasteiger partial charge in [0, 0.05) is 5.57 Å². The largest absolute Gasteiger partial charge is 0.466 e. The third-order valence-corrected chi connectivity index (χ3v) is 8.86. The van der Waals surface area contributed by atoms with Crippen LogP contribution in [-0.2, 0) is 9.53 Å². The van der Waals surface area contributed by atoms with Gasteiger partial charge in [0.25, 0.3) is 0 Å². The molecule has 0 aromatic heterocycles. The zero-order chi connectivity index (χ0) is 24.3. The molecule has 0 saturated carbocycles. The predicted molar refractivity (Wildman–Crippen MR) is 156 cm³/mol. The van der Waals surface area contributed by atoms with Crippen molar-refractivity contribution >= 4 is 26.3 Å². The average molecular weight is 507 g/mol. The maximum Gasteiger partial charge on any atom is 0.332 e. The highest BCUT2D eigenvalue weighted by molar-refractivity contribution is 7.57. The molecular formula is C29H60ClO2P. The summed E-state index contributed by atoms with van der Waals surface area (Å²) in [6.07, 6.45) is 31.2. The molecule has 4 heteroatoms. The van der Waals surface area contributed by atoms with Crippen molar-refractivity contribution in [1.82, 2.24) is 0 Å². The van der Waals surface area contributed by atoms with Gasteiger partial charge in [-0.3, -0.25) is 0 Å². The standard InChI is InChI=1S/C24H51P.C5H8O2.ClH/c1-4-7-10-13-16-19-22-25(23-20-17-14-11-8-5-2)24-21-18-15-12-9-6-3;1-4(2)5(6)7-3;/h4-24H2,1-3H3;1H2,2-3H3;1H. The Labute approximate surface area is 216 Å². The predicted octanol–water partition coefficient (Wildman–Crippen LogP) is 10.7. The normalized spacial score (nSPS) is 10.4. The molecule has 0 fully saturated rings. The fourth-order valence-corrected chi connectivity index (χ4v) is 6.54. The fourth-order valence-electron chi connectivity index (χ4n) is 3.86. The molecular weight excluding hydrogens is 447 g/mol. The van der Waals surface area contributed by atoms with Crippen LogP contribution in [0.15, 0.2) is 12.2 Å². The van der Waals surface area contributed by atoms with Gasteiger partial charge in [-0.1, -0.05) is 124 Å². The van der Waals surface area contributed by atoms with Crippen molar-refractivity contribution in [2.45, 2.75) is 143 Å². The first-order valence-corrected chi connectivity index (χ1v) is 15.9. The van der Waals surface area contributed by atoms with Crippen molar-refractivity contribution in [3.63, 3.8) is 0 Å². The van der Waals surface area contributed by atoms with E-state index in [1.807, 2.05) is 0 Å². The van der Waals surface area contributed by atoms with E-state index in [-0.39, 0.29) is 18.4 Å². The Morgan fingerprint density at radius 3 is 1.09 bits per heavy atom. The number of halogens is 1. The van der Waals surface area contributed by atoms with Gasteiger partial charge < -0.3 is 4.74 Å². The van der Waals surface area contributed by atoms with E-state index in [9.17, 15) is 4.79 Å². The van der Waals surface area contributed by atoms with E-state index < -0.39 is 0 Å². The van der Waals surface area contributed by atoms with E-state index in [0.29, 0.717) is 13.5 Å². The van der Waals surface area contributed by atoms with Crippen molar-refractivity contribution in [2.24, 2.45) is 0 Å². The van der Waals surface area contributed by atoms with Crippen LogP contribution in [0.1, 0.15) is 143 Å². The molecule has 0 bridgehead atoms. The zero-order valence-corrected chi connectivity index (χ0v) is 24.9. The van der Waals surface area contributed by atoms with Gasteiger partial charge in [0.15, 0.2) is 0 Å². The van der Waals surface area contributed by atoms with Crippen LogP contribution in [-0.4, -0.2) is 31.6 Å². The van der Waals surface area contributed by atoms with Crippen molar-refractivity contribution in [3.05, 3.63) is 12.2 Å². The van der Waals surface area contributed by atoms with Gasteiger partial charge in [-0.05, 0) is 44.7 Å². The number of carbonyl (C=O) groups excluding carboxylic acids is 1. The molecule has 0 rings (SSSR count). The minimum absolute atomic E-state index is 0. The summed E-state index contributed by atoms with van der Waals surface area (Å²) < 4.78 is 4.27. The number of rotatable bonds is 22. The quantitative estimate of drug-likeness (QED) is 0.0631. The molecule has 0 heterocycles. The molecule has 0 aliphatic rings. The van der Waals surface area contributed by atoms with Crippen molar-refractivity contribution in [1.29, 1.82) is 0 Å². The number of methoxy groups -OCH3 is 1. The van der Waals surface area contributed by atoms with E-state index in [1.165, 1.54) is 123 Å². The summed E-state index contributed by atoms with van der Waals surface area (Å²) in [6.45, 7) is 11.9. The molecule has 0 aliphatic carbocycles. The van der Waals surface area contributed by atoms with E-state index >= 15 is 0 Å². The lowest BCUT2D eigenvalue weighted by molar-refractivity contribution is -0.136. The Morgan fingerprint density at radius 2 is 0.879 bits per heavy atom. The van der Waals surface area contributed by atoms with Gasteiger partial charge in [-0.2, -0.15) is 0 Å². The van der Waals surface area contributed by atoms with Crippen LogP contribution in [0.25, 0.3) is 0 Å². The van der Waals surface area contributed by atoms with Gasteiger partial charge in [-0.25, -0.2) is 4.79 Å². The molecule has 0 aliphatic heterocycles. The van der Waals surface area contributed by atoms with Gasteiger partial charge in [-0.15, -0.1) is 20.3 Å². The fraction of sp³-hybridized carbons (Fsp3) is 0.897. The number of hydrogen-bond donors (Lipinski definition) is 0. The number of unbranched alkanes of at least 4 members (excludes halogenated alkanes) is 15. The lowest BCUT2D eigenvalue weighted by Crippen LogP contribution is -1.98. The third kappa shape index (κ3) is 31.9. The molecule has 0 aromatic rings. The lowest BCUT2D eigenvalue weighted by atomic mass is 10.1. The number of carbonyl (C=O) groups is 1. The van der Waals surface area contributed by atoms with E-state index in [2.05, 4.69) is 32.1 Å². The Bertz CT molecular complexity index is 363. The monoisotopic (exact) mass is 506 g/mol. The van der Waals surface area contributed by atoms with Crippen LogP contribution >= 0.6 is 20.3 Å². The van der Waals surface area contributed by atoms with Crippen LogP contribution in [0, 0.1) is 0 Å². The minimum Gasteiger partial charge on any atom is -0.466 e. The molecule has 0 saturated heterocycles. The van der Waals surface area contributed by atoms with Crippen LogP contribution < -0.4 is 0 Å². The van der Waals surface area contributed by atoms with E-state index in [1.54, 1.807) is 25.4 Å². The van der Waals surface area contributed by atoms with Crippen molar-refractivity contribution in [2.75, 3.05) is 25.6 Å². The van der Waals surface area contributed by atoms with Gasteiger partial charge in [0.05, 0.1) is 7.11 Å². The SMILES string of the molecule is C=C(C)C(=O)OC.CCCCCCCCP(CCCCCCCC)CCCCCCCC.Cl. The minimum atomic E-state index is -0.347. The van der Waals surface area contributed by atoms with Gasteiger partial charge in [0.2, 0.25) is 0 Å². The molecule has 0 radical (unpaired) electrons. The molecule has 33 heavy (non-hydrogen) atoms. The number of esters is 1. The second kappa shape index (κ2) is 31.9. The third-order valence-electron chi connectivity index (χ3n) is 6.02. The first-order valence-electron chi connectivity index (χ1n) is 14.0. The first-order chi connectivity index (χ1) is 15.5. The molecule has 2 nitrogen and oxygen atoms in total. The molecule has 0 spiro atoms. The van der Waals surface area contributed by atoms with Crippen LogP contribution in [0.3, 0.4) is 0 Å². The Hall–Kier alpha value is -0.0700. The van der Waals surface area contributed by atoms with Gasteiger partial charge in [0.1, 0.15) is 0 Å². The van der Waals surface area contributed by atoms with Crippen LogP contribution in [0.2, 0.25) is 0 Å². The maximum absolute atomic E-state index is 10.2. The Balaban J connectivity index is -0.000000969. The summed E-state index contributed by atoms with van der Waals surface area (Å²) >= 11 is 0. The molecule has 0 N–H and O–H groups in total. The highest BCUT2D eigenvalue weighted by Gasteiger charge is 2.07. The van der Waals surface area contributed by atoms with Gasteiger partial charge >= 0.3 is 5.97 Å². The summed E-state index contributed by atoms with van der Waals surface area (Å²) in [5, 5.41) is 0. The first kappa shape index (κ1) is 37.5. The molecule has 0 atom stereocenters. The topological polar surface area (TPSA) is 26.3 Å². The molecule has 0 unspecified atom stereocenters. The lowest BCUT2D eigenvalue weighted by Gasteiger charge is -2.18.